The molecule has 0 bridgehead atoms. The van der Waals surface area contributed by atoms with Gasteiger partial charge < -0.3 is 5.32 Å². The van der Waals surface area contributed by atoms with Crippen LogP contribution in [0.15, 0.2) is 36.4 Å². The summed E-state index contributed by atoms with van der Waals surface area (Å²) in [5.74, 6) is -0.881. The van der Waals surface area contributed by atoms with Crippen LogP contribution in [0.5, 0.6) is 0 Å². The molecule has 0 atom stereocenters. The summed E-state index contributed by atoms with van der Waals surface area (Å²) in [6.07, 6.45) is 0. The van der Waals surface area contributed by atoms with Crippen molar-refractivity contribution in [1.29, 1.82) is 0 Å². The van der Waals surface area contributed by atoms with Crippen LogP contribution in [-0.2, 0) is 0 Å². The van der Waals surface area contributed by atoms with Crippen molar-refractivity contribution in [2.45, 2.75) is 6.92 Å². The standard InChI is InChI=1S/C13H10ClFN2O2/c1-8-5-6-9(7-10(8)14)16-12-4-2-3-11(15)13(12)17(18)19/h2-7,16H,1H3. The van der Waals surface area contributed by atoms with Gasteiger partial charge in [-0.05, 0) is 36.8 Å². The molecule has 0 fully saturated rings. The summed E-state index contributed by atoms with van der Waals surface area (Å²) in [5.41, 5.74) is 0.953. The summed E-state index contributed by atoms with van der Waals surface area (Å²) < 4.78 is 13.4. The van der Waals surface area contributed by atoms with Gasteiger partial charge in [0.05, 0.1) is 4.92 Å². The molecule has 0 aliphatic rings. The van der Waals surface area contributed by atoms with Crippen LogP contribution in [0.4, 0.5) is 21.5 Å². The number of anilines is 2. The maximum atomic E-state index is 13.4. The average Bonchev–Trinajstić information content (AvgIpc) is 2.33. The minimum Gasteiger partial charge on any atom is -0.350 e. The Labute approximate surface area is 114 Å². The molecule has 0 aliphatic heterocycles. The van der Waals surface area contributed by atoms with Gasteiger partial charge in [-0.2, -0.15) is 4.39 Å². The van der Waals surface area contributed by atoms with Crippen LogP contribution >= 0.6 is 11.6 Å². The van der Waals surface area contributed by atoms with Crippen LogP contribution in [0, 0.1) is 22.9 Å². The van der Waals surface area contributed by atoms with Gasteiger partial charge in [-0.25, -0.2) is 0 Å². The molecule has 2 rings (SSSR count). The van der Waals surface area contributed by atoms with E-state index < -0.39 is 16.4 Å². The summed E-state index contributed by atoms with van der Waals surface area (Å²) in [5, 5.41) is 14.2. The fourth-order valence-corrected chi connectivity index (χ4v) is 1.81. The molecule has 6 heteroatoms. The highest BCUT2D eigenvalue weighted by Crippen LogP contribution is 2.31. The number of nitro groups is 1. The third-order valence-corrected chi connectivity index (χ3v) is 3.03. The summed E-state index contributed by atoms with van der Waals surface area (Å²) in [6.45, 7) is 1.84. The zero-order chi connectivity index (χ0) is 14.0. The van der Waals surface area contributed by atoms with E-state index in [4.69, 9.17) is 11.6 Å². The lowest BCUT2D eigenvalue weighted by Crippen LogP contribution is -1.99. The maximum Gasteiger partial charge on any atom is 0.327 e. The highest BCUT2D eigenvalue weighted by atomic mass is 35.5. The van der Waals surface area contributed by atoms with Gasteiger partial charge in [0.25, 0.3) is 0 Å². The predicted octanol–water partition coefficient (Wildman–Crippen LogP) is 4.44. The van der Waals surface area contributed by atoms with Crippen molar-refractivity contribution in [2.24, 2.45) is 0 Å². The quantitative estimate of drug-likeness (QED) is 0.668. The molecule has 0 aliphatic carbocycles. The second-order valence-electron chi connectivity index (χ2n) is 3.98. The van der Waals surface area contributed by atoms with E-state index in [1.807, 2.05) is 6.92 Å². The lowest BCUT2D eigenvalue weighted by atomic mass is 10.2. The van der Waals surface area contributed by atoms with Crippen LogP contribution in [0.1, 0.15) is 5.56 Å². The lowest BCUT2D eigenvalue weighted by Gasteiger charge is -2.08. The minimum atomic E-state index is -0.881. The van der Waals surface area contributed by atoms with Gasteiger partial charge >= 0.3 is 5.69 Å². The van der Waals surface area contributed by atoms with Crippen LogP contribution in [0.2, 0.25) is 5.02 Å². The van der Waals surface area contributed by atoms with E-state index in [2.05, 4.69) is 5.32 Å². The van der Waals surface area contributed by atoms with Gasteiger partial charge in [0.1, 0.15) is 5.69 Å². The summed E-state index contributed by atoms with van der Waals surface area (Å²) >= 11 is 5.97. The van der Waals surface area contributed by atoms with Gasteiger partial charge in [0, 0.05) is 10.7 Å². The fourth-order valence-electron chi connectivity index (χ4n) is 1.63. The minimum absolute atomic E-state index is 0.0879. The Bertz CT molecular complexity index is 647. The molecule has 2 aromatic rings. The van der Waals surface area contributed by atoms with Crippen molar-refractivity contribution in [1.82, 2.24) is 0 Å². The maximum absolute atomic E-state index is 13.4. The topological polar surface area (TPSA) is 55.2 Å². The predicted molar refractivity (Wildman–Crippen MR) is 72.5 cm³/mol. The van der Waals surface area contributed by atoms with Crippen LogP contribution in [0.25, 0.3) is 0 Å². The number of nitrogens with zero attached hydrogens (tertiary/aromatic N) is 1. The van der Waals surface area contributed by atoms with Crippen molar-refractivity contribution in [3.05, 3.63) is 62.9 Å². The van der Waals surface area contributed by atoms with E-state index in [0.29, 0.717) is 10.7 Å². The Morgan fingerprint density at radius 2 is 2.05 bits per heavy atom. The second-order valence-corrected chi connectivity index (χ2v) is 4.39. The molecule has 0 spiro atoms. The summed E-state index contributed by atoms with van der Waals surface area (Å²) in [7, 11) is 0. The molecular weight excluding hydrogens is 271 g/mol. The molecule has 0 saturated carbocycles. The van der Waals surface area contributed by atoms with E-state index in [1.165, 1.54) is 12.1 Å². The summed E-state index contributed by atoms with van der Waals surface area (Å²) in [6, 6.07) is 9.01. The first kappa shape index (κ1) is 13.3. The molecule has 0 saturated heterocycles. The monoisotopic (exact) mass is 280 g/mol. The molecule has 1 N–H and O–H groups in total. The molecule has 0 aromatic heterocycles. The van der Waals surface area contributed by atoms with E-state index >= 15 is 0 Å². The summed E-state index contributed by atoms with van der Waals surface area (Å²) in [4.78, 5) is 10.1. The molecular formula is C13H10ClFN2O2. The Kier molecular flexibility index (Phi) is 3.66. The van der Waals surface area contributed by atoms with Crippen LogP contribution in [0.3, 0.4) is 0 Å². The Balaban J connectivity index is 2.40. The van der Waals surface area contributed by atoms with Crippen molar-refractivity contribution in [2.75, 3.05) is 5.32 Å². The first-order valence-electron chi connectivity index (χ1n) is 5.45. The van der Waals surface area contributed by atoms with Gasteiger partial charge in [-0.15, -0.1) is 0 Å². The Morgan fingerprint density at radius 3 is 2.68 bits per heavy atom. The molecule has 2 aromatic carbocycles. The van der Waals surface area contributed by atoms with Gasteiger partial charge in [-0.3, -0.25) is 10.1 Å². The number of aryl methyl sites for hydroxylation is 1. The molecule has 0 heterocycles. The Morgan fingerprint density at radius 1 is 1.32 bits per heavy atom. The number of halogens is 2. The largest absolute Gasteiger partial charge is 0.350 e. The number of hydrogen-bond donors (Lipinski definition) is 1. The normalized spacial score (nSPS) is 10.3. The number of nitro benzene ring substituents is 1. The molecule has 0 amide bonds. The highest BCUT2D eigenvalue weighted by Gasteiger charge is 2.19. The molecule has 0 radical (unpaired) electrons. The van der Waals surface area contributed by atoms with E-state index in [-0.39, 0.29) is 5.69 Å². The van der Waals surface area contributed by atoms with E-state index in [0.717, 1.165) is 11.6 Å². The Hall–Kier alpha value is -2.14. The van der Waals surface area contributed by atoms with Crippen molar-refractivity contribution in [3.8, 4) is 0 Å². The third-order valence-electron chi connectivity index (χ3n) is 2.62. The number of nitrogens with one attached hydrogen (secondary N) is 1. The molecule has 19 heavy (non-hydrogen) atoms. The molecule has 4 nitrogen and oxygen atoms in total. The SMILES string of the molecule is Cc1ccc(Nc2cccc(F)c2[N+](=O)[O-])cc1Cl. The van der Waals surface area contributed by atoms with Crippen molar-refractivity contribution < 1.29 is 9.31 Å². The number of para-hydroxylation sites is 1. The van der Waals surface area contributed by atoms with Crippen molar-refractivity contribution >= 4 is 28.7 Å². The molecule has 0 unspecified atom stereocenters. The second kappa shape index (κ2) is 5.24. The van der Waals surface area contributed by atoms with Crippen LogP contribution in [-0.4, -0.2) is 4.92 Å². The third kappa shape index (κ3) is 2.82. The number of hydrogen-bond acceptors (Lipinski definition) is 3. The average molecular weight is 281 g/mol. The fraction of sp³-hybridized carbons (Fsp3) is 0.0769. The van der Waals surface area contributed by atoms with Gasteiger partial charge in [0.2, 0.25) is 5.82 Å². The van der Waals surface area contributed by atoms with E-state index in [1.54, 1.807) is 18.2 Å². The van der Waals surface area contributed by atoms with E-state index in [9.17, 15) is 14.5 Å². The van der Waals surface area contributed by atoms with Crippen molar-refractivity contribution in [3.63, 3.8) is 0 Å². The number of rotatable bonds is 3. The first-order valence-corrected chi connectivity index (χ1v) is 5.83. The number of benzene rings is 2. The zero-order valence-electron chi connectivity index (χ0n) is 9.98. The smallest absolute Gasteiger partial charge is 0.327 e. The van der Waals surface area contributed by atoms with Crippen LogP contribution < -0.4 is 5.32 Å². The highest BCUT2D eigenvalue weighted by molar-refractivity contribution is 6.31. The zero-order valence-corrected chi connectivity index (χ0v) is 10.7. The van der Waals surface area contributed by atoms with Gasteiger partial charge in [0.15, 0.2) is 0 Å². The lowest BCUT2D eigenvalue weighted by molar-refractivity contribution is -0.386. The van der Waals surface area contributed by atoms with Gasteiger partial charge in [-0.1, -0.05) is 23.7 Å². The first-order chi connectivity index (χ1) is 8.99. The molecule has 98 valence electrons.